The summed E-state index contributed by atoms with van der Waals surface area (Å²) in [6, 6.07) is 6.83. The molecule has 1 aromatic carbocycles. The van der Waals surface area contributed by atoms with Crippen molar-refractivity contribution in [1.82, 2.24) is 15.2 Å². The number of H-pyrrole nitrogens is 1. The number of hydrogen-bond donors (Lipinski definition) is 3. The second-order valence-corrected chi connectivity index (χ2v) is 5.83. The molecule has 0 radical (unpaired) electrons. The Kier molecular flexibility index (Phi) is 3.38. The molecule has 4 rings (SSSR count). The van der Waals surface area contributed by atoms with Crippen molar-refractivity contribution >= 4 is 34.2 Å². The molecule has 1 unspecified atom stereocenters. The molecule has 3 aromatic rings. The summed E-state index contributed by atoms with van der Waals surface area (Å²) in [5.41, 5.74) is 2.83. The smallest absolute Gasteiger partial charge is 0.265 e. The number of anilines is 2. The maximum absolute atomic E-state index is 12.7. The van der Waals surface area contributed by atoms with Gasteiger partial charge in [-0.3, -0.25) is 14.7 Å². The number of rotatable bonds is 2. The Labute approximate surface area is 142 Å². The van der Waals surface area contributed by atoms with Crippen molar-refractivity contribution < 1.29 is 14.3 Å². The standard InChI is InChI=1S/C17H15N5O3/c1-8-12-6-10(7-18-15(12)22-21-8)19-17(24)11-4-3-5-13-14(11)25-9(2)16(23)20-13/h3-7,9H,1-2H3,(H,19,24)(H,20,23)(H,18,21,22). The van der Waals surface area contributed by atoms with Crippen LogP contribution in [0.1, 0.15) is 23.0 Å². The van der Waals surface area contributed by atoms with E-state index in [1.54, 1.807) is 37.4 Å². The number of aromatic nitrogens is 3. The molecule has 0 spiro atoms. The Bertz CT molecular complexity index is 1010. The molecule has 3 N–H and O–H groups in total. The predicted molar refractivity (Wildman–Crippen MR) is 91.7 cm³/mol. The predicted octanol–water partition coefficient (Wildman–Crippen LogP) is 2.24. The van der Waals surface area contributed by atoms with Gasteiger partial charge < -0.3 is 15.4 Å². The molecule has 8 nitrogen and oxygen atoms in total. The van der Waals surface area contributed by atoms with Gasteiger partial charge in [-0.1, -0.05) is 6.07 Å². The molecule has 2 amide bonds. The lowest BCUT2D eigenvalue weighted by Crippen LogP contribution is -2.35. The van der Waals surface area contributed by atoms with Crippen LogP contribution < -0.4 is 15.4 Å². The van der Waals surface area contributed by atoms with Crippen LogP contribution in [0.2, 0.25) is 0 Å². The Hall–Kier alpha value is -3.42. The van der Waals surface area contributed by atoms with Crippen LogP contribution in [0.3, 0.4) is 0 Å². The van der Waals surface area contributed by atoms with Gasteiger partial charge in [0.2, 0.25) is 0 Å². The number of aryl methyl sites for hydroxylation is 1. The molecule has 0 bridgehead atoms. The van der Waals surface area contributed by atoms with E-state index in [4.69, 9.17) is 4.74 Å². The highest BCUT2D eigenvalue weighted by atomic mass is 16.5. The van der Waals surface area contributed by atoms with Crippen LogP contribution in [0.15, 0.2) is 30.5 Å². The fourth-order valence-electron chi connectivity index (χ4n) is 2.69. The highest BCUT2D eigenvalue weighted by molar-refractivity contribution is 6.09. The maximum atomic E-state index is 12.7. The van der Waals surface area contributed by atoms with Crippen LogP contribution in [0.5, 0.6) is 5.75 Å². The van der Waals surface area contributed by atoms with E-state index in [1.807, 2.05) is 6.92 Å². The van der Waals surface area contributed by atoms with Crippen molar-refractivity contribution in [3.8, 4) is 5.75 Å². The Morgan fingerprint density at radius 1 is 1.36 bits per heavy atom. The fraction of sp³-hybridized carbons (Fsp3) is 0.176. The molecule has 8 heteroatoms. The van der Waals surface area contributed by atoms with Crippen molar-refractivity contribution in [2.75, 3.05) is 10.6 Å². The van der Waals surface area contributed by atoms with E-state index in [2.05, 4.69) is 25.8 Å². The monoisotopic (exact) mass is 337 g/mol. The summed E-state index contributed by atoms with van der Waals surface area (Å²) < 4.78 is 5.61. The fourth-order valence-corrected chi connectivity index (χ4v) is 2.69. The topological polar surface area (TPSA) is 109 Å². The maximum Gasteiger partial charge on any atom is 0.265 e. The molecule has 0 aliphatic carbocycles. The number of para-hydroxylation sites is 1. The van der Waals surface area contributed by atoms with Gasteiger partial charge in [-0.15, -0.1) is 0 Å². The third kappa shape index (κ3) is 2.57. The number of nitrogens with zero attached hydrogens (tertiary/aromatic N) is 2. The summed E-state index contributed by atoms with van der Waals surface area (Å²) in [4.78, 5) is 28.6. The zero-order valence-electron chi connectivity index (χ0n) is 13.6. The molecular formula is C17H15N5O3. The Morgan fingerprint density at radius 2 is 2.20 bits per heavy atom. The quantitative estimate of drug-likeness (QED) is 0.664. The largest absolute Gasteiger partial charge is 0.478 e. The Balaban J connectivity index is 1.66. The van der Waals surface area contributed by atoms with E-state index in [1.165, 1.54) is 0 Å². The molecular weight excluding hydrogens is 322 g/mol. The average Bonchev–Trinajstić information content (AvgIpc) is 2.96. The minimum atomic E-state index is -0.659. The number of amides is 2. The van der Waals surface area contributed by atoms with Gasteiger partial charge in [0.15, 0.2) is 17.5 Å². The highest BCUT2D eigenvalue weighted by Crippen LogP contribution is 2.33. The van der Waals surface area contributed by atoms with Crippen LogP contribution in [0.4, 0.5) is 11.4 Å². The third-order valence-electron chi connectivity index (χ3n) is 4.04. The van der Waals surface area contributed by atoms with Crippen LogP contribution in [-0.4, -0.2) is 33.1 Å². The first kappa shape index (κ1) is 15.1. The summed E-state index contributed by atoms with van der Waals surface area (Å²) in [6.45, 7) is 3.51. The van der Waals surface area contributed by atoms with Gasteiger partial charge in [-0.2, -0.15) is 5.10 Å². The van der Waals surface area contributed by atoms with Crippen molar-refractivity contribution in [2.24, 2.45) is 0 Å². The lowest BCUT2D eigenvalue weighted by Gasteiger charge is -2.25. The van der Waals surface area contributed by atoms with Gasteiger partial charge in [-0.25, -0.2) is 4.98 Å². The summed E-state index contributed by atoms with van der Waals surface area (Å²) >= 11 is 0. The molecule has 1 atom stereocenters. The second kappa shape index (κ2) is 5.59. The van der Waals surface area contributed by atoms with Gasteiger partial charge in [-0.05, 0) is 32.0 Å². The van der Waals surface area contributed by atoms with E-state index >= 15 is 0 Å². The Morgan fingerprint density at radius 3 is 3.04 bits per heavy atom. The van der Waals surface area contributed by atoms with E-state index < -0.39 is 6.10 Å². The lowest BCUT2D eigenvalue weighted by molar-refractivity contribution is -0.122. The zero-order valence-corrected chi connectivity index (χ0v) is 13.6. The first-order valence-electron chi connectivity index (χ1n) is 7.75. The van der Waals surface area contributed by atoms with E-state index in [0.29, 0.717) is 28.3 Å². The van der Waals surface area contributed by atoms with Crippen LogP contribution >= 0.6 is 0 Å². The van der Waals surface area contributed by atoms with Gasteiger partial charge in [0.25, 0.3) is 11.8 Å². The number of carbonyl (C=O) groups excluding carboxylic acids is 2. The number of hydrogen-bond acceptors (Lipinski definition) is 5. The number of aromatic amines is 1. The number of pyridine rings is 1. The lowest BCUT2D eigenvalue weighted by atomic mass is 10.1. The van der Waals surface area contributed by atoms with Gasteiger partial charge in [0.05, 0.1) is 23.1 Å². The molecule has 25 heavy (non-hydrogen) atoms. The van der Waals surface area contributed by atoms with E-state index in [0.717, 1.165) is 11.1 Å². The molecule has 1 aliphatic rings. The minimum absolute atomic E-state index is 0.241. The molecule has 0 saturated heterocycles. The first-order chi connectivity index (χ1) is 12.0. The average molecular weight is 337 g/mol. The van der Waals surface area contributed by atoms with Crippen LogP contribution in [0.25, 0.3) is 11.0 Å². The van der Waals surface area contributed by atoms with E-state index in [9.17, 15) is 9.59 Å². The van der Waals surface area contributed by atoms with Crippen molar-refractivity contribution in [2.45, 2.75) is 20.0 Å². The minimum Gasteiger partial charge on any atom is -0.478 e. The number of benzene rings is 1. The van der Waals surface area contributed by atoms with Crippen molar-refractivity contribution in [1.29, 1.82) is 0 Å². The summed E-state index contributed by atoms with van der Waals surface area (Å²) in [7, 11) is 0. The number of nitrogens with one attached hydrogen (secondary N) is 3. The zero-order chi connectivity index (χ0) is 17.6. The summed E-state index contributed by atoms with van der Waals surface area (Å²) in [5, 5.41) is 13.3. The summed E-state index contributed by atoms with van der Waals surface area (Å²) in [5.74, 6) is -0.224. The second-order valence-electron chi connectivity index (χ2n) is 5.83. The number of ether oxygens (including phenoxy) is 1. The van der Waals surface area contributed by atoms with Gasteiger partial charge in [0.1, 0.15) is 0 Å². The van der Waals surface area contributed by atoms with Crippen molar-refractivity contribution in [3.05, 3.63) is 41.7 Å². The molecule has 3 heterocycles. The third-order valence-corrected chi connectivity index (χ3v) is 4.04. The SMILES string of the molecule is Cc1[nH]nc2ncc(NC(=O)c3cccc4c3OC(C)C(=O)N4)cc12. The van der Waals surface area contributed by atoms with Crippen LogP contribution in [0, 0.1) is 6.92 Å². The molecule has 1 aliphatic heterocycles. The normalized spacial score (nSPS) is 16.1. The van der Waals surface area contributed by atoms with Gasteiger partial charge >= 0.3 is 0 Å². The van der Waals surface area contributed by atoms with Crippen molar-refractivity contribution in [3.63, 3.8) is 0 Å². The first-order valence-corrected chi connectivity index (χ1v) is 7.75. The van der Waals surface area contributed by atoms with E-state index in [-0.39, 0.29) is 11.8 Å². The van der Waals surface area contributed by atoms with Gasteiger partial charge in [0, 0.05) is 11.1 Å². The number of fused-ring (bicyclic) bond motifs is 2. The molecule has 0 saturated carbocycles. The highest BCUT2D eigenvalue weighted by Gasteiger charge is 2.27. The molecule has 2 aromatic heterocycles. The summed E-state index contributed by atoms with van der Waals surface area (Å²) in [6.07, 6.45) is 0.884. The van der Waals surface area contributed by atoms with Crippen LogP contribution in [-0.2, 0) is 4.79 Å². The molecule has 126 valence electrons. The number of carbonyl (C=O) groups is 2. The molecule has 0 fully saturated rings.